The Hall–Kier alpha value is -4.11. The molecule has 0 atom stereocenters. The molecule has 0 saturated heterocycles. The highest BCUT2D eigenvalue weighted by Crippen LogP contribution is 2.47. The number of hydrogen-bond donors (Lipinski definition) is 0. The molecule has 3 heteroatoms. The lowest BCUT2D eigenvalue weighted by Crippen LogP contribution is -2.30. The van der Waals surface area contributed by atoms with Crippen LogP contribution in [-0.4, -0.2) is 9.13 Å². The van der Waals surface area contributed by atoms with Crippen molar-refractivity contribution in [3.05, 3.63) is 95.4 Å². The van der Waals surface area contributed by atoms with E-state index >= 15 is 0 Å². The second-order valence-corrected chi connectivity index (χ2v) is 9.05. The normalized spacial score (nSPS) is 12.2. The third kappa shape index (κ3) is 2.34. The fraction of sp³-hybridized carbons (Fsp3) is 0.129. The lowest BCUT2D eigenvalue weighted by Gasteiger charge is -2.17. The van der Waals surface area contributed by atoms with E-state index < -0.39 is 0 Å². The molecule has 7 aromatic rings. The fourth-order valence-corrected chi connectivity index (χ4v) is 6.05. The van der Waals surface area contributed by atoms with Crippen LogP contribution in [0.3, 0.4) is 0 Å². The molecular weight excluding hydrogens is 416 g/mol. The van der Waals surface area contributed by atoms with Crippen LogP contribution in [0.1, 0.15) is 13.8 Å². The molecule has 164 valence electrons. The minimum atomic E-state index is 0.0618. The van der Waals surface area contributed by atoms with Crippen molar-refractivity contribution < 1.29 is 0 Å². The molecule has 7 rings (SSSR count). The maximum Gasteiger partial charge on any atom is 0.328 e. The molecule has 0 N–H and O–H groups in total. The predicted octanol–water partition coefficient (Wildman–Crippen LogP) is 7.56. The molecule has 0 spiro atoms. The third-order valence-electron chi connectivity index (χ3n) is 7.46. The Morgan fingerprint density at radius 3 is 1.94 bits per heavy atom. The van der Waals surface area contributed by atoms with E-state index in [1.54, 1.807) is 0 Å². The highest BCUT2D eigenvalue weighted by molar-refractivity contribution is 6.38. The molecule has 0 unspecified atom stereocenters. The molecule has 0 aliphatic rings. The van der Waals surface area contributed by atoms with Crippen LogP contribution in [0.5, 0.6) is 0 Å². The standard InChI is InChI=1S/C31H24N2O/c1-3-32-25-16-14-22-24-18-20-12-8-9-13-21(20)27(19-10-6-5-7-11-19)29(24)23-15-17-26(30(25)28(22)23)33(4-2)31(32)34/h5-18H,3-4H2,1-2H3. The highest BCUT2D eigenvalue weighted by atomic mass is 16.1. The Kier molecular flexibility index (Phi) is 3.96. The smallest absolute Gasteiger partial charge is 0.294 e. The summed E-state index contributed by atoms with van der Waals surface area (Å²) in [5, 5.41) is 10.1. The van der Waals surface area contributed by atoms with Crippen LogP contribution in [-0.2, 0) is 13.1 Å². The molecule has 1 heterocycles. The lowest BCUT2D eigenvalue weighted by molar-refractivity contribution is 0.641. The first-order valence-electron chi connectivity index (χ1n) is 12.0. The summed E-state index contributed by atoms with van der Waals surface area (Å²) in [5.74, 6) is 0. The summed E-state index contributed by atoms with van der Waals surface area (Å²) >= 11 is 0. The van der Waals surface area contributed by atoms with Crippen molar-refractivity contribution >= 4 is 54.1 Å². The van der Waals surface area contributed by atoms with E-state index in [1.807, 2.05) is 9.13 Å². The first-order chi connectivity index (χ1) is 16.7. The van der Waals surface area contributed by atoms with Gasteiger partial charge in [-0.05, 0) is 75.5 Å². The van der Waals surface area contributed by atoms with Gasteiger partial charge in [-0.15, -0.1) is 0 Å². The second kappa shape index (κ2) is 6.94. The number of aryl methyl sites for hydroxylation is 2. The Bertz CT molecular complexity index is 1910. The summed E-state index contributed by atoms with van der Waals surface area (Å²) < 4.78 is 3.83. The summed E-state index contributed by atoms with van der Waals surface area (Å²) in [5.41, 5.74) is 4.62. The topological polar surface area (TPSA) is 26.9 Å². The number of fused-ring (bicyclic) bond motifs is 4. The SMILES string of the molecule is CCn1c(=O)n(CC)c2ccc3c4c(-c5ccccc5)c5ccccc5cc4c4ccc1c2c43. The van der Waals surface area contributed by atoms with E-state index in [1.165, 1.54) is 54.2 Å². The largest absolute Gasteiger partial charge is 0.328 e. The van der Waals surface area contributed by atoms with E-state index in [-0.39, 0.29) is 5.69 Å². The molecule has 6 aromatic carbocycles. The van der Waals surface area contributed by atoms with Gasteiger partial charge >= 0.3 is 5.69 Å². The quantitative estimate of drug-likeness (QED) is 0.278. The number of aromatic nitrogens is 2. The fourth-order valence-electron chi connectivity index (χ4n) is 6.05. The van der Waals surface area contributed by atoms with Crippen LogP contribution in [0.2, 0.25) is 0 Å². The van der Waals surface area contributed by atoms with Crippen LogP contribution in [0.15, 0.2) is 89.7 Å². The molecule has 0 radical (unpaired) electrons. The number of nitrogens with zero attached hydrogens (tertiary/aromatic N) is 2. The highest BCUT2D eigenvalue weighted by Gasteiger charge is 2.22. The van der Waals surface area contributed by atoms with Gasteiger partial charge in [-0.25, -0.2) is 4.79 Å². The molecule has 3 nitrogen and oxygen atoms in total. The zero-order valence-electron chi connectivity index (χ0n) is 19.3. The minimum absolute atomic E-state index is 0.0618. The van der Waals surface area contributed by atoms with E-state index in [0.29, 0.717) is 13.1 Å². The molecule has 0 fully saturated rings. The molecule has 0 saturated carbocycles. The Labute approximate surface area is 196 Å². The molecule has 0 bridgehead atoms. The van der Waals surface area contributed by atoms with Crippen molar-refractivity contribution in [3.8, 4) is 11.1 Å². The van der Waals surface area contributed by atoms with Gasteiger partial charge in [0.1, 0.15) is 0 Å². The van der Waals surface area contributed by atoms with Gasteiger partial charge in [0.05, 0.1) is 11.0 Å². The molecule has 0 amide bonds. The summed E-state index contributed by atoms with van der Waals surface area (Å²) in [6.07, 6.45) is 0. The zero-order valence-corrected chi connectivity index (χ0v) is 19.3. The van der Waals surface area contributed by atoms with E-state index in [9.17, 15) is 4.79 Å². The maximum absolute atomic E-state index is 13.2. The van der Waals surface area contributed by atoms with E-state index in [4.69, 9.17) is 0 Å². The number of benzene rings is 5. The van der Waals surface area contributed by atoms with Crippen molar-refractivity contribution in [1.82, 2.24) is 9.13 Å². The maximum atomic E-state index is 13.2. The van der Waals surface area contributed by atoms with Gasteiger partial charge in [0, 0.05) is 23.9 Å². The number of rotatable bonds is 3. The van der Waals surface area contributed by atoms with Crippen LogP contribution < -0.4 is 5.69 Å². The first-order valence-corrected chi connectivity index (χ1v) is 12.0. The van der Waals surface area contributed by atoms with Gasteiger partial charge in [0.25, 0.3) is 0 Å². The molecule has 34 heavy (non-hydrogen) atoms. The Morgan fingerprint density at radius 1 is 0.588 bits per heavy atom. The van der Waals surface area contributed by atoms with Gasteiger partial charge in [-0.1, -0.05) is 66.7 Å². The van der Waals surface area contributed by atoms with Gasteiger partial charge in [0.2, 0.25) is 0 Å². The molecule has 0 aliphatic heterocycles. The summed E-state index contributed by atoms with van der Waals surface area (Å²) in [7, 11) is 0. The van der Waals surface area contributed by atoms with Crippen molar-refractivity contribution in [2.75, 3.05) is 0 Å². The third-order valence-corrected chi connectivity index (χ3v) is 7.46. The van der Waals surface area contributed by atoms with Gasteiger partial charge in [-0.3, -0.25) is 9.13 Å². The van der Waals surface area contributed by atoms with Gasteiger partial charge in [0.15, 0.2) is 0 Å². The molecule has 0 aliphatic carbocycles. The minimum Gasteiger partial charge on any atom is -0.294 e. The zero-order chi connectivity index (χ0) is 23.0. The predicted molar refractivity (Wildman–Crippen MR) is 144 cm³/mol. The Balaban J connectivity index is 1.81. The summed E-state index contributed by atoms with van der Waals surface area (Å²) in [6.45, 7) is 5.41. The van der Waals surface area contributed by atoms with Crippen LogP contribution in [0.25, 0.3) is 65.3 Å². The average Bonchev–Trinajstić information content (AvgIpc) is 3.20. The van der Waals surface area contributed by atoms with Crippen molar-refractivity contribution in [2.24, 2.45) is 0 Å². The van der Waals surface area contributed by atoms with E-state index in [2.05, 4.69) is 98.8 Å². The summed E-state index contributed by atoms with van der Waals surface area (Å²) in [4.78, 5) is 13.2. The summed E-state index contributed by atoms with van der Waals surface area (Å²) in [6, 6.07) is 30.5. The first kappa shape index (κ1) is 19.4. The van der Waals surface area contributed by atoms with Crippen LogP contribution in [0.4, 0.5) is 0 Å². The average molecular weight is 441 g/mol. The van der Waals surface area contributed by atoms with E-state index in [0.717, 1.165) is 11.0 Å². The lowest BCUT2D eigenvalue weighted by atomic mass is 9.93. The van der Waals surface area contributed by atoms with Gasteiger partial charge < -0.3 is 0 Å². The molecule has 1 aromatic heterocycles. The van der Waals surface area contributed by atoms with Crippen molar-refractivity contribution in [3.63, 3.8) is 0 Å². The van der Waals surface area contributed by atoms with Gasteiger partial charge in [-0.2, -0.15) is 0 Å². The van der Waals surface area contributed by atoms with Crippen molar-refractivity contribution in [1.29, 1.82) is 0 Å². The second-order valence-electron chi connectivity index (χ2n) is 9.05. The molecular formula is C31H24N2O. The van der Waals surface area contributed by atoms with Crippen molar-refractivity contribution in [2.45, 2.75) is 26.9 Å². The Morgan fingerprint density at radius 2 is 1.24 bits per heavy atom. The number of hydrogen-bond acceptors (Lipinski definition) is 1. The monoisotopic (exact) mass is 440 g/mol. The van der Waals surface area contributed by atoms with Crippen LogP contribution >= 0.6 is 0 Å². The van der Waals surface area contributed by atoms with Crippen LogP contribution in [0, 0.1) is 0 Å².